The van der Waals surface area contributed by atoms with Crippen LogP contribution in [0.5, 0.6) is 0 Å². The molecule has 0 unspecified atom stereocenters. The first-order chi connectivity index (χ1) is 6.96. The van der Waals surface area contributed by atoms with E-state index in [0.29, 0.717) is 0 Å². The quantitative estimate of drug-likeness (QED) is 0.709. The van der Waals surface area contributed by atoms with Crippen LogP contribution in [0.3, 0.4) is 0 Å². The maximum Gasteiger partial charge on any atom is 0.255 e. The summed E-state index contributed by atoms with van der Waals surface area (Å²) in [6.45, 7) is 5.97. The van der Waals surface area contributed by atoms with Crippen molar-refractivity contribution in [1.29, 1.82) is 0 Å². The standard InChI is InChI=1S/C8H13FN2O2.C2H6/c1-6(12)11-4-2-8(9,3-5-11)7(10)13;1-2/h2-5H2,1H3,(H2,10,13);1-2H3. The molecular weight excluding hydrogens is 199 g/mol. The van der Waals surface area contributed by atoms with Gasteiger partial charge in [0.1, 0.15) is 0 Å². The van der Waals surface area contributed by atoms with E-state index in [4.69, 9.17) is 5.73 Å². The first-order valence-electron chi connectivity index (χ1n) is 5.20. The van der Waals surface area contributed by atoms with E-state index >= 15 is 0 Å². The zero-order valence-electron chi connectivity index (χ0n) is 9.55. The Morgan fingerprint density at radius 2 is 1.67 bits per heavy atom. The minimum absolute atomic E-state index is 0.0158. The molecular formula is C10H19FN2O2. The van der Waals surface area contributed by atoms with E-state index in [0.717, 1.165) is 0 Å². The summed E-state index contributed by atoms with van der Waals surface area (Å²) < 4.78 is 13.5. The van der Waals surface area contributed by atoms with E-state index in [1.807, 2.05) is 13.8 Å². The van der Waals surface area contributed by atoms with Gasteiger partial charge in [0.2, 0.25) is 5.91 Å². The van der Waals surface area contributed by atoms with E-state index in [1.54, 1.807) is 0 Å². The summed E-state index contributed by atoms with van der Waals surface area (Å²) in [4.78, 5) is 23.1. The largest absolute Gasteiger partial charge is 0.367 e. The summed E-state index contributed by atoms with van der Waals surface area (Å²) in [5.74, 6) is -1.01. The maximum atomic E-state index is 13.5. The Labute approximate surface area is 89.6 Å². The number of nitrogens with two attached hydrogens (primary N) is 1. The number of primary amides is 1. The Morgan fingerprint density at radius 1 is 1.27 bits per heavy atom. The van der Waals surface area contributed by atoms with Gasteiger partial charge in [-0.1, -0.05) is 13.8 Å². The Morgan fingerprint density at radius 3 is 1.93 bits per heavy atom. The number of amides is 2. The summed E-state index contributed by atoms with van der Waals surface area (Å²) in [7, 11) is 0. The molecule has 1 aliphatic rings. The number of piperidine rings is 1. The molecule has 0 aromatic heterocycles. The number of carbonyl (C=O) groups excluding carboxylic acids is 2. The molecule has 0 saturated carbocycles. The average Bonchev–Trinajstić information content (AvgIpc) is 2.21. The molecule has 1 aliphatic heterocycles. The van der Waals surface area contributed by atoms with Crippen LogP contribution in [0.15, 0.2) is 0 Å². The lowest BCUT2D eigenvalue weighted by molar-refractivity contribution is -0.139. The zero-order valence-corrected chi connectivity index (χ0v) is 9.55. The fraction of sp³-hybridized carbons (Fsp3) is 0.800. The van der Waals surface area contributed by atoms with E-state index < -0.39 is 11.6 Å². The first-order valence-corrected chi connectivity index (χ1v) is 5.20. The van der Waals surface area contributed by atoms with Crippen molar-refractivity contribution in [2.75, 3.05) is 13.1 Å². The highest BCUT2D eigenvalue weighted by Gasteiger charge is 2.40. The van der Waals surface area contributed by atoms with Crippen LogP contribution in [0.2, 0.25) is 0 Å². The molecule has 88 valence electrons. The second-order valence-electron chi connectivity index (χ2n) is 3.34. The van der Waals surface area contributed by atoms with Crippen molar-refractivity contribution in [1.82, 2.24) is 4.90 Å². The normalized spacial score (nSPS) is 18.8. The van der Waals surface area contributed by atoms with E-state index in [2.05, 4.69) is 0 Å². The zero-order chi connectivity index (χ0) is 12.1. The molecule has 2 N–H and O–H groups in total. The molecule has 2 amide bonds. The topological polar surface area (TPSA) is 63.4 Å². The molecule has 0 aromatic carbocycles. The van der Waals surface area contributed by atoms with Crippen molar-refractivity contribution in [3.05, 3.63) is 0 Å². The van der Waals surface area contributed by atoms with Gasteiger partial charge in [-0.15, -0.1) is 0 Å². The van der Waals surface area contributed by atoms with Gasteiger partial charge in [-0.05, 0) is 0 Å². The summed E-state index contributed by atoms with van der Waals surface area (Å²) in [6.07, 6.45) is 0.0316. The molecule has 1 saturated heterocycles. The smallest absolute Gasteiger partial charge is 0.255 e. The third-order valence-electron chi connectivity index (χ3n) is 2.44. The molecule has 1 rings (SSSR count). The number of hydrogen-bond acceptors (Lipinski definition) is 2. The van der Waals surface area contributed by atoms with Gasteiger partial charge in [0, 0.05) is 32.9 Å². The molecule has 15 heavy (non-hydrogen) atoms. The third kappa shape index (κ3) is 3.49. The molecule has 0 aromatic rings. The highest BCUT2D eigenvalue weighted by Crippen LogP contribution is 2.25. The van der Waals surface area contributed by atoms with Crippen molar-refractivity contribution in [2.24, 2.45) is 5.73 Å². The number of alkyl halides is 1. The van der Waals surface area contributed by atoms with Gasteiger partial charge < -0.3 is 10.6 Å². The first kappa shape index (κ1) is 13.9. The van der Waals surface area contributed by atoms with Crippen molar-refractivity contribution in [3.63, 3.8) is 0 Å². The van der Waals surface area contributed by atoms with Gasteiger partial charge in [0.25, 0.3) is 5.91 Å². The molecule has 0 spiro atoms. The molecule has 1 heterocycles. The lowest BCUT2D eigenvalue weighted by Gasteiger charge is -2.33. The van der Waals surface area contributed by atoms with E-state index in [9.17, 15) is 14.0 Å². The van der Waals surface area contributed by atoms with Gasteiger partial charge in [-0.25, -0.2) is 4.39 Å². The van der Waals surface area contributed by atoms with Crippen molar-refractivity contribution < 1.29 is 14.0 Å². The van der Waals surface area contributed by atoms with Gasteiger partial charge in [-0.3, -0.25) is 9.59 Å². The highest BCUT2D eigenvalue weighted by atomic mass is 19.1. The predicted molar refractivity (Wildman–Crippen MR) is 55.9 cm³/mol. The summed E-state index contributed by atoms with van der Waals surface area (Å²) in [5.41, 5.74) is 2.99. The fourth-order valence-electron chi connectivity index (χ4n) is 1.42. The molecule has 0 radical (unpaired) electrons. The maximum absolute atomic E-state index is 13.5. The van der Waals surface area contributed by atoms with Crippen molar-refractivity contribution in [2.45, 2.75) is 39.3 Å². The Balaban J connectivity index is 0.000000921. The summed E-state index contributed by atoms with van der Waals surface area (Å²) in [6, 6.07) is 0. The average molecular weight is 218 g/mol. The van der Waals surface area contributed by atoms with Gasteiger partial charge >= 0.3 is 0 Å². The van der Waals surface area contributed by atoms with Crippen LogP contribution >= 0.6 is 0 Å². The Kier molecular flexibility index (Phi) is 5.25. The minimum Gasteiger partial charge on any atom is -0.367 e. The molecule has 0 atom stereocenters. The van der Waals surface area contributed by atoms with Gasteiger partial charge in [0.05, 0.1) is 0 Å². The Bertz CT molecular complexity index is 236. The van der Waals surface area contributed by atoms with Crippen molar-refractivity contribution in [3.8, 4) is 0 Å². The lowest BCUT2D eigenvalue weighted by atomic mass is 9.93. The molecule has 0 aliphatic carbocycles. The van der Waals surface area contributed by atoms with Crippen LogP contribution in [0.4, 0.5) is 4.39 Å². The van der Waals surface area contributed by atoms with E-state index in [1.165, 1.54) is 11.8 Å². The highest BCUT2D eigenvalue weighted by molar-refractivity contribution is 5.84. The number of halogens is 1. The second-order valence-corrected chi connectivity index (χ2v) is 3.34. The van der Waals surface area contributed by atoms with Crippen LogP contribution in [0.25, 0.3) is 0 Å². The second kappa shape index (κ2) is 5.68. The summed E-state index contributed by atoms with van der Waals surface area (Å²) in [5, 5.41) is 0. The van der Waals surface area contributed by atoms with Gasteiger partial charge in [0.15, 0.2) is 5.67 Å². The summed E-state index contributed by atoms with van der Waals surface area (Å²) >= 11 is 0. The molecule has 5 heteroatoms. The van der Waals surface area contributed by atoms with Crippen LogP contribution < -0.4 is 5.73 Å². The Hall–Kier alpha value is -1.13. The number of rotatable bonds is 1. The number of likely N-dealkylation sites (tertiary alicyclic amines) is 1. The van der Waals surface area contributed by atoms with Crippen LogP contribution in [0, 0.1) is 0 Å². The minimum atomic E-state index is -1.91. The number of carbonyl (C=O) groups is 2. The lowest BCUT2D eigenvalue weighted by Crippen LogP contribution is -2.50. The van der Waals surface area contributed by atoms with Crippen LogP contribution in [-0.2, 0) is 9.59 Å². The predicted octanol–water partition coefficient (Wildman–Crippen LogP) is 0.848. The number of hydrogen-bond donors (Lipinski definition) is 1. The monoisotopic (exact) mass is 218 g/mol. The van der Waals surface area contributed by atoms with Crippen LogP contribution in [0.1, 0.15) is 33.6 Å². The fourth-order valence-corrected chi connectivity index (χ4v) is 1.42. The SMILES string of the molecule is CC.CC(=O)N1CCC(F)(C(N)=O)CC1. The van der Waals surface area contributed by atoms with E-state index in [-0.39, 0.29) is 31.8 Å². The number of nitrogens with zero attached hydrogens (tertiary/aromatic N) is 1. The van der Waals surface area contributed by atoms with Gasteiger partial charge in [-0.2, -0.15) is 0 Å². The molecule has 4 nitrogen and oxygen atoms in total. The van der Waals surface area contributed by atoms with Crippen molar-refractivity contribution >= 4 is 11.8 Å². The third-order valence-corrected chi connectivity index (χ3v) is 2.44. The molecule has 1 fully saturated rings. The van der Waals surface area contributed by atoms with Crippen LogP contribution in [-0.4, -0.2) is 35.5 Å². The molecule has 0 bridgehead atoms.